The Kier molecular flexibility index (Phi) is 11.2. The Morgan fingerprint density at radius 3 is 1.80 bits per heavy atom. The first kappa shape index (κ1) is 22.3. The summed E-state index contributed by atoms with van der Waals surface area (Å²) in [5, 5.41) is 0. The van der Waals surface area contributed by atoms with E-state index >= 15 is 0 Å². The quantitative estimate of drug-likeness (QED) is 0.203. The summed E-state index contributed by atoms with van der Waals surface area (Å²) < 4.78 is 11.7. The van der Waals surface area contributed by atoms with Crippen molar-refractivity contribution in [3.05, 3.63) is 40.0 Å². The summed E-state index contributed by atoms with van der Waals surface area (Å²) in [5.41, 5.74) is 1.84. The summed E-state index contributed by atoms with van der Waals surface area (Å²) in [6.45, 7) is 6.83. The zero-order valence-electron chi connectivity index (χ0n) is 16.6. The molecule has 0 N–H and O–H groups in total. The van der Waals surface area contributed by atoms with Crippen molar-refractivity contribution in [2.75, 3.05) is 7.11 Å². The monoisotopic (exact) mass is 452 g/mol. The summed E-state index contributed by atoms with van der Waals surface area (Å²) in [6, 6.07) is 10.1. The molecule has 0 aliphatic carbocycles. The summed E-state index contributed by atoms with van der Waals surface area (Å²) in [7, 11) is 1.50. The van der Waals surface area contributed by atoms with Crippen LogP contribution in [0.25, 0.3) is 5.57 Å². The van der Waals surface area contributed by atoms with Gasteiger partial charge in [-0.25, -0.2) is 0 Å². The summed E-state index contributed by atoms with van der Waals surface area (Å²) in [5.74, 6) is -0.170. The number of ether oxygens (including phenoxy) is 1. The predicted molar refractivity (Wildman–Crippen MR) is 111 cm³/mol. The molecular weight excluding hydrogens is 415 g/mol. The van der Waals surface area contributed by atoms with Gasteiger partial charge in [0.2, 0.25) is 0 Å². The average Bonchev–Trinajstić information content (AvgIpc) is 2.67. The van der Waals surface area contributed by atoms with E-state index in [1.54, 1.807) is 0 Å². The molecule has 0 fully saturated rings. The van der Waals surface area contributed by atoms with E-state index in [9.17, 15) is 4.79 Å². The fourth-order valence-electron chi connectivity index (χ4n) is 3.47. The molecule has 1 aromatic carbocycles. The number of carbonyl (C=O) groups is 1. The molecule has 0 bridgehead atoms. The van der Waals surface area contributed by atoms with E-state index in [1.165, 1.54) is 58.9 Å². The zero-order chi connectivity index (χ0) is 18.5. The number of benzene rings is 1. The van der Waals surface area contributed by atoms with Crippen LogP contribution in [-0.2, 0) is 9.53 Å². The van der Waals surface area contributed by atoms with Gasteiger partial charge in [-0.05, 0) is 0 Å². The van der Waals surface area contributed by atoms with Gasteiger partial charge < -0.3 is 0 Å². The van der Waals surface area contributed by atoms with Gasteiger partial charge in [0.05, 0.1) is 0 Å². The van der Waals surface area contributed by atoms with E-state index in [0.29, 0.717) is 0 Å². The van der Waals surface area contributed by atoms with Crippen molar-refractivity contribution in [3.63, 3.8) is 0 Å². The second-order valence-electron chi connectivity index (χ2n) is 7.09. The van der Waals surface area contributed by atoms with Gasteiger partial charge in [-0.1, -0.05) is 0 Å². The molecule has 3 heteroatoms. The van der Waals surface area contributed by atoms with Crippen LogP contribution in [0.5, 0.6) is 0 Å². The third-order valence-corrected chi connectivity index (χ3v) is 19.2. The average molecular weight is 451 g/mol. The normalized spacial score (nSPS) is 12.2. The standard InChI is InChI=1S/C10H9O2.3C4H9.Sn/c1-8(10(11)12-2)9-6-4-3-5-7-9;3*1-3-4-2;/h1,3-7H,2H3;3*1,3-4H2,2H3;. The third kappa shape index (κ3) is 7.55. The first-order chi connectivity index (χ1) is 12.1. The van der Waals surface area contributed by atoms with E-state index in [4.69, 9.17) is 4.74 Å². The molecule has 0 amide bonds. The van der Waals surface area contributed by atoms with Crippen LogP contribution in [0, 0.1) is 0 Å². The first-order valence-electron chi connectivity index (χ1n) is 9.99. The van der Waals surface area contributed by atoms with Crippen molar-refractivity contribution < 1.29 is 9.53 Å². The Morgan fingerprint density at radius 1 is 0.920 bits per heavy atom. The van der Waals surface area contributed by atoms with Crippen molar-refractivity contribution in [2.45, 2.75) is 72.6 Å². The third-order valence-electron chi connectivity index (χ3n) is 5.03. The Bertz CT molecular complexity index is 500. The maximum atomic E-state index is 12.6. The number of methoxy groups -OCH3 is 1. The van der Waals surface area contributed by atoms with Gasteiger partial charge in [-0.15, -0.1) is 0 Å². The van der Waals surface area contributed by atoms with Gasteiger partial charge in [0.1, 0.15) is 0 Å². The topological polar surface area (TPSA) is 26.3 Å². The SMILES string of the molecule is CCC[CH2][Sn]([CH]=C(C(=O)OC)c1ccccc1)([CH2]CCC)[CH2]CCC. The van der Waals surface area contributed by atoms with Gasteiger partial charge >= 0.3 is 159 Å². The number of rotatable bonds is 12. The Morgan fingerprint density at radius 2 is 1.40 bits per heavy atom. The Hall–Kier alpha value is -0.771. The Labute approximate surface area is 158 Å². The van der Waals surface area contributed by atoms with Gasteiger partial charge in [0.15, 0.2) is 0 Å². The molecule has 1 aromatic rings. The fourth-order valence-corrected chi connectivity index (χ4v) is 18.5. The van der Waals surface area contributed by atoms with Gasteiger partial charge in [0, 0.05) is 0 Å². The van der Waals surface area contributed by atoms with Crippen LogP contribution in [0.15, 0.2) is 34.4 Å². The van der Waals surface area contributed by atoms with Crippen molar-refractivity contribution in [3.8, 4) is 0 Å². The van der Waals surface area contributed by atoms with Gasteiger partial charge in [0.25, 0.3) is 0 Å². The van der Waals surface area contributed by atoms with Crippen molar-refractivity contribution in [1.29, 1.82) is 0 Å². The van der Waals surface area contributed by atoms with E-state index in [-0.39, 0.29) is 5.97 Å². The van der Waals surface area contributed by atoms with Crippen LogP contribution in [0.3, 0.4) is 0 Å². The molecule has 0 spiro atoms. The first-order valence-corrected chi connectivity index (χ1v) is 17.7. The molecule has 2 nitrogen and oxygen atoms in total. The number of esters is 1. The summed E-state index contributed by atoms with van der Waals surface area (Å²) in [6.07, 6.45) is 7.60. The summed E-state index contributed by atoms with van der Waals surface area (Å²) >= 11 is -2.54. The maximum absolute atomic E-state index is 12.6. The minimum absolute atomic E-state index is 0.170. The van der Waals surface area contributed by atoms with E-state index in [0.717, 1.165) is 11.1 Å². The van der Waals surface area contributed by atoms with Crippen molar-refractivity contribution in [1.82, 2.24) is 0 Å². The van der Waals surface area contributed by atoms with Gasteiger partial charge in [-0.3, -0.25) is 0 Å². The molecule has 0 atom stereocenters. The van der Waals surface area contributed by atoms with Crippen LogP contribution in [0.4, 0.5) is 0 Å². The van der Waals surface area contributed by atoms with Crippen LogP contribution in [0.1, 0.15) is 64.9 Å². The number of hydrogen-bond donors (Lipinski definition) is 0. The molecule has 0 aliphatic heterocycles. The number of unbranched alkanes of at least 4 members (excludes halogenated alkanes) is 3. The van der Waals surface area contributed by atoms with E-state index in [2.05, 4.69) is 24.9 Å². The molecule has 0 aliphatic rings. The zero-order valence-corrected chi connectivity index (χ0v) is 19.5. The van der Waals surface area contributed by atoms with E-state index in [1.807, 2.05) is 30.3 Å². The second kappa shape index (κ2) is 12.6. The molecule has 0 saturated carbocycles. The van der Waals surface area contributed by atoms with Crippen LogP contribution < -0.4 is 0 Å². The fraction of sp³-hybridized carbons (Fsp3) is 0.591. The molecule has 25 heavy (non-hydrogen) atoms. The van der Waals surface area contributed by atoms with Crippen LogP contribution in [0.2, 0.25) is 13.3 Å². The van der Waals surface area contributed by atoms with Crippen molar-refractivity contribution >= 4 is 29.9 Å². The minimum atomic E-state index is -2.54. The molecule has 0 heterocycles. The molecular formula is C22H36O2Sn. The van der Waals surface area contributed by atoms with E-state index < -0.39 is 18.4 Å². The number of carbonyl (C=O) groups excluding carboxylic acids is 1. The molecule has 0 aromatic heterocycles. The molecule has 0 unspecified atom stereocenters. The molecule has 140 valence electrons. The van der Waals surface area contributed by atoms with Crippen molar-refractivity contribution in [2.24, 2.45) is 0 Å². The number of hydrogen-bond acceptors (Lipinski definition) is 2. The Balaban J connectivity index is 3.33. The molecule has 0 radical (unpaired) electrons. The van der Waals surface area contributed by atoms with Crippen LogP contribution >= 0.6 is 0 Å². The summed E-state index contributed by atoms with van der Waals surface area (Å²) in [4.78, 5) is 12.6. The predicted octanol–water partition coefficient (Wildman–Crippen LogP) is 6.63. The van der Waals surface area contributed by atoms with Crippen LogP contribution in [-0.4, -0.2) is 31.5 Å². The van der Waals surface area contributed by atoms with Gasteiger partial charge in [-0.2, -0.15) is 0 Å². The molecule has 1 rings (SSSR count). The molecule has 0 saturated heterocycles. The second-order valence-corrected chi connectivity index (χ2v) is 20.0.